The van der Waals surface area contributed by atoms with Gasteiger partial charge in [-0.2, -0.15) is 0 Å². The fraction of sp³-hybridized carbons (Fsp3) is 0.333. The third-order valence-corrected chi connectivity index (χ3v) is 4.52. The molecule has 0 unspecified atom stereocenters. The highest BCUT2D eigenvalue weighted by Gasteiger charge is 2.16. The van der Waals surface area contributed by atoms with Crippen molar-refractivity contribution in [1.29, 1.82) is 0 Å². The summed E-state index contributed by atoms with van der Waals surface area (Å²) < 4.78 is 11.8. The number of halogens is 1. The van der Waals surface area contributed by atoms with E-state index in [1.165, 1.54) is 5.56 Å². The minimum atomic E-state index is 0.469. The first-order valence-corrected chi connectivity index (χ1v) is 7.80. The highest BCUT2D eigenvalue weighted by molar-refractivity contribution is 14.1. The fourth-order valence-electron chi connectivity index (χ4n) is 2.35. The van der Waals surface area contributed by atoms with Gasteiger partial charge in [0.15, 0.2) is 5.82 Å². The van der Waals surface area contributed by atoms with E-state index in [2.05, 4.69) is 43.9 Å². The lowest BCUT2D eigenvalue weighted by Gasteiger charge is -2.11. The molecule has 0 saturated heterocycles. The maximum Gasteiger partial charge on any atom is 0.161 e. The normalized spacial score (nSPS) is 12.9. The minimum absolute atomic E-state index is 0.469. The molecule has 6 heteroatoms. The molecule has 2 aromatic rings. The molecule has 0 radical (unpaired) electrons. The first-order valence-electron chi connectivity index (χ1n) is 6.72. The van der Waals surface area contributed by atoms with Gasteiger partial charge in [0.2, 0.25) is 0 Å². The van der Waals surface area contributed by atoms with Crippen LogP contribution in [0.5, 0.6) is 5.75 Å². The van der Waals surface area contributed by atoms with Crippen molar-refractivity contribution in [1.82, 2.24) is 9.97 Å². The predicted molar refractivity (Wildman–Crippen MR) is 89.6 cm³/mol. The largest absolute Gasteiger partial charge is 0.493 e. The summed E-state index contributed by atoms with van der Waals surface area (Å²) in [6.45, 7) is 1.22. The molecule has 0 aliphatic carbocycles. The van der Waals surface area contributed by atoms with Gasteiger partial charge in [-0.05, 0) is 46.4 Å². The number of nitrogens with one attached hydrogen (secondary N) is 1. The van der Waals surface area contributed by atoms with Crippen molar-refractivity contribution in [3.8, 4) is 17.1 Å². The molecule has 1 N–H and O–H groups in total. The summed E-state index contributed by atoms with van der Waals surface area (Å²) in [6.07, 6.45) is 0.942. The Morgan fingerprint density at radius 2 is 2.24 bits per heavy atom. The molecule has 21 heavy (non-hydrogen) atoms. The van der Waals surface area contributed by atoms with Crippen molar-refractivity contribution in [2.24, 2.45) is 0 Å². The number of nitrogens with zero attached hydrogens (tertiary/aromatic N) is 2. The van der Waals surface area contributed by atoms with E-state index in [1.807, 2.05) is 19.2 Å². The summed E-state index contributed by atoms with van der Waals surface area (Å²) in [5, 5.41) is 3.12. The lowest BCUT2D eigenvalue weighted by molar-refractivity contribution is 0.181. The fourth-order valence-corrected chi connectivity index (χ4v) is 3.01. The standard InChI is InChI=1S/C15H16IN3O2/c1-17-15-13(16)11(8-20-2)18-14(19-15)10-3-4-12-9(7-10)5-6-21-12/h3-4,7H,5-6,8H2,1-2H3,(H,17,18,19). The molecular weight excluding hydrogens is 381 g/mol. The van der Waals surface area contributed by atoms with Crippen molar-refractivity contribution in [2.75, 3.05) is 26.1 Å². The van der Waals surface area contributed by atoms with E-state index >= 15 is 0 Å². The molecule has 0 spiro atoms. The third kappa shape index (κ3) is 2.82. The highest BCUT2D eigenvalue weighted by Crippen LogP contribution is 2.30. The number of ether oxygens (including phenoxy) is 2. The number of benzene rings is 1. The zero-order valence-electron chi connectivity index (χ0n) is 11.9. The van der Waals surface area contributed by atoms with Gasteiger partial charge < -0.3 is 14.8 Å². The number of rotatable bonds is 4. The van der Waals surface area contributed by atoms with Crippen molar-refractivity contribution >= 4 is 28.4 Å². The van der Waals surface area contributed by atoms with Gasteiger partial charge in [0, 0.05) is 26.1 Å². The van der Waals surface area contributed by atoms with Crippen LogP contribution in [0.1, 0.15) is 11.3 Å². The van der Waals surface area contributed by atoms with Crippen molar-refractivity contribution in [3.63, 3.8) is 0 Å². The van der Waals surface area contributed by atoms with Gasteiger partial charge in [0.25, 0.3) is 0 Å². The van der Waals surface area contributed by atoms with E-state index in [0.717, 1.165) is 39.4 Å². The van der Waals surface area contributed by atoms with Crippen LogP contribution in [0.3, 0.4) is 0 Å². The van der Waals surface area contributed by atoms with E-state index in [4.69, 9.17) is 9.47 Å². The van der Waals surface area contributed by atoms with Gasteiger partial charge in [-0.15, -0.1) is 0 Å². The first kappa shape index (κ1) is 14.5. The maximum atomic E-state index is 5.54. The summed E-state index contributed by atoms with van der Waals surface area (Å²) in [7, 11) is 3.53. The smallest absolute Gasteiger partial charge is 0.161 e. The van der Waals surface area contributed by atoms with Crippen molar-refractivity contribution in [2.45, 2.75) is 13.0 Å². The molecule has 3 rings (SSSR count). The molecule has 1 aliphatic rings. The Bertz CT molecular complexity index is 676. The number of methoxy groups -OCH3 is 1. The summed E-state index contributed by atoms with van der Waals surface area (Å²) in [5.41, 5.74) is 3.11. The molecular formula is C15H16IN3O2. The quantitative estimate of drug-likeness (QED) is 0.805. The second kappa shape index (κ2) is 6.15. The summed E-state index contributed by atoms with van der Waals surface area (Å²) >= 11 is 2.24. The van der Waals surface area contributed by atoms with Gasteiger partial charge in [-0.25, -0.2) is 9.97 Å². The molecule has 1 aromatic carbocycles. The van der Waals surface area contributed by atoms with Gasteiger partial charge in [-0.3, -0.25) is 0 Å². The van der Waals surface area contributed by atoms with E-state index in [9.17, 15) is 0 Å². The van der Waals surface area contributed by atoms with Crippen LogP contribution in [0.4, 0.5) is 5.82 Å². The summed E-state index contributed by atoms with van der Waals surface area (Å²) in [6, 6.07) is 6.11. The van der Waals surface area contributed by atoms with Gasteiger partial charge >= 0.3 is 0 Å². The zero-order chi connectivity index (χ0) is 14.8. The number of aromatic nitrogens is 2. The van der Waals surface area contributed by atoms with Crippen LogP contribution in [-0.4, -0.2) is 30.7 Å². The second-order valence-corrected chi connectivity index (χ2v) is 5.84. The lowest BCUT2D eigenvalue weighted by Crippen LogP contribution is -2.06. The van der Waals surface area contributed by atoms with Gasteiger partial charge in [-0.1, -0.05) is 0 Å². The van der Waals surface area contributed by atoms with E-state index in [-0.39, 0.29) is 0 Å². The Balaban J connectivity index is 2.07. The Morgan fingerprint density at radius 3 is 3.00 bits per heavy atom. The number of fused-ring (bicyclic) bond motifs is 1. The number of hydrogen-bond donors (Lipinski definition) is 1. The van der Waals surface area contributed by atoms with Crippen LogP contribution >= 0.6 is 22.6 Å². The van der Waals surface area contributed by atoms with Crippen LogP contribution in [0, 0.1) is 3.57 Å². The molecule has 0 fully saturated rings. The molecule has 0 atom stereocenters. The monoisotopic (exact) mass is 397 g/mol. The molecule has 2 heterocycles. The van der Waals surface area contributed by atoms with Crippen LogP contribution in [0.25, 0.3) is 11.4 Å². The average molecular weight is 397 g/mol. The van der Waals surface area contributed by atoms with Crippen LogP contribution in [0.2, 0.25) is 0 Å². The molecule has 0 bridgehead atoms. The SMILES string of the molecule is CNc1nc(-c2ccc3c(c2)CCO3)nc(COC)c1I. The molecule has 5 nitrogen and oxygen atoms in total. The molecule has 0 saturated carbocycles. The van der Waals surface area contributed by atoms with Crippen LogP contribution in [0.15, 0.2) is 18.2 Å². The predicted octanol–water partition coefficient (Wildman–Crippen LogP) is 2.87. The molecule has 110 valence electrons. The minimum Gasteiger partial charge on any atom is -0.493 e. The van der Waals surface area contributed by atoms with Gasteiger partial charge in [0.05, 0.1) is 22.5 Å². The third-order valence-electron chi connectivity index (χ3n) is 3.39. The highest BCUT2D eigenvalue weighted by atomic mass is 127. The Hall–Kier alpha value is -1.41. The Labute approximate surface area is 137 Å². The average Bonchev–Trinajstić information content (AvgIpc) is 2.97. The molecule has 1 aromatic heterocycles. The Kier molecular flexibility index (Phi) is 4.25. The first-order chi connectivity index (χ1) is 10.2. The van der Waals surface area contributed by atoms with E-state index in [0.29, 0.717) is 12.4 Å². The number of hydrogen-bond acceptors (Lipinski definition) is 5. The maximum absolute atomic E-state index is 5.54. The van der Waals surface area contributed by atoms with Crippen LogP contribution < -0.4 is 10.1 Å². The molecule has 0 amide bonds. The van der Waals surface area contributed by atoms with Crippen molar-refractivity contribution < 1.29 is 9.47 Å². The van der Waals surface area contributed by atoms with Crippen LogP contribution in [-0.2, 0) is 17.8 Å². The zero-order valence-corrected chi connectivity index (χ0v) is 14.1. The number of anilines is 1. The van der Waals surface area contributed by atoms with E-state index < -0.39 is 0 Å². The second-order valence-electron chi connectivity index (χ2n) is 4.76. The lowest BCUT2D eigenvalue weighted by atomic mass is 10.1. The summed E-state index contributed by atoms with van der Waals surface area (Å²) in [5.74, 6) is 2.50. The molecule has 1 aliphatic heterocycles. The Morgan fingerprint density at radius 1 is 1.38 bits per heavy atom. The van der Waals surface area contributed by atoms with E-state index in [1.54, 1.807) is 7.11 Å². The van der Waals surface area contributed by atoms with Gasteiger partial charge in [0.1, 0.15) is 11.6 Å². The topological polar surface area (TPSA) is 56.3 Å². The van der Waals surface area contributed by atoms with Crippen molar-refractivity contribution in [3.05, 3.63) is 33.0 Å². The summed E-state index contributed by atoms with van der Waals surface area (Å²) in [4.78, 5) is 9.25.